The van der Waals surface area contributed by atoms with Gasteiger partial charge in [0.1, 0.15) is 5.82 Å². The normalized spacial score (nSPS) is 12.0. The van der Waals surface area contributed by atoms with Crippen molar-refractivity contribution in [2.45, 2.75) is 26.4 Å². The van der Waals surface area contributed by atoms with Gasteiger partial charge >= 0.3 is 6.03 Å². The third-order valence-corrected chi connectivity index (χ3v) is 3.33. The van der Waals surface area contributed by atoms with Gasteiger partial charge in [-0.2, -0.15) is 0 Å². The minimum atomic E-state index is -0.285. The van der Waals surface area contributed by atoms with Crippen LogP contribution in [-0.2, 0) is 6.54 Å². The van der Waals surface area contributed by atoms with Crippen LogP contribution in [0.25, 0.3) is 0 Å². The molecule has 1 N–H and O–H groups in total. The first-order valence-electron chi connectivity index (χ1n) is 6.92. The van der Waals surface area contributed by atoms with Crippen LogP contribution in [0.3, 0.4) is 0 Å². The number of rotatable bonds is 5. The molecular formula is C16H19FN2O2. The van der Waals surface area contributed by atoms with Crippen molar-refractivity contribution in [3.05, 3.63) is 59.8 Å². The molecule has 21 heavy (non-hydrogen) atoms. The second-order valence-electron chi connectivity index (χ2n) is 4.87. The summed E-state index contributed by atoms with van der Waals surface area (Å²) < 4.78 is 17.9. The fourth-order valence-corrected chi connectivity index (χ4v) is 2.04. The molecule has 0 spiro atoms. The molecule has 1 aromatic carbocycles. The summed E-state index contributed by atoms with van der Waals surface area (Å²) in [6.07, 6.45) is 3.21. The quantitative estimate of drug-likeness (QED) is 0.912. The number of carbonyl (C=O) groups excluding carboxylic acids is 1. The van der Waals surface area contributed by atoms with Gasteiger partial charge in [-0.05, 0) is 37.6 Å². The second kappa shape index (κ2) is 6.92. The second-order valence-corrected chi connectivity index (χ2v) is 4.87. The Morgan fingerprint density at radius 1 is 1.33 bits per heavy atom. The maximum absolute atomic E-state index is 12.9. The van der Waals surface area contributed by atoms with Gasteiger partial charge in [0.2, 0.25) is 0 Å². The van der Waals surface area contributed by atoms with Gasteiger partial charge in [0.25, 0.3) is 0 Å². The molecule has 1 atom stereocenters. The van der Waals surface area contributed by atoms with E-state index in [-0.39, 0.29) is 17.9 Å². The standard InChI is InChI=1S/C16H19FN2O2/c1-3-19(10-13-8-9-21-11-13)16(20)18-12(2)14-4-6-15(17)7-5-14/h4-9,11-12H,3,10H2,1-2H3,(H,18,20)/t12-/m0/s1. The largest absolute Gasteiger partial charge is 0.472 e. The van der Waals surface area contributed by atoms with Crippen molar-refractivity contribution in [2.24, 2.45) is 0 Å². The lowest BCUT2D eigenvalue weighted by atomic mass is 10.1. The van der Waals surface area contributed by atoms with Gasteiger partial charge in [-0.1, -0.05) is 12.1 Å². The van der Waals surface area contributed by atoms with Crippen molar-refractivity contribution in [3.8, 4) is 0 Å². The maximum Gasteiger partial charge on any atom is 0.318 e. The fraction of sp³-hybridized carbons (Fsp3) is 0.312. The summed E-state index contributed by atoms with van der Waals surface area (Å²) >= 11 is 0. The lowest BCUT2D eigenvalue weighted by molar-refractivity contribution is 0.194. The van der Waals surface area contributed by atoms with Crippen LogP contribution in [0.5, 0.6) is 0 Å². The highest BCUT2D eigenvalue weighted by molar-refractivity contribution is 5.74. The van der Waals surface area contributed by atoms with E-state index in [4.69, 9.17) is 4.42 Å². The third kappa shape index (κ3) is 4.08. The topological polar surface area (TPSA) is 45.5 Å². The molecule has 1 aromatic heterocycles. The highest BCUT2D eigenvalue weighted by Gasteiger charge is 2.16. The molecule has 0 fully saturated rings. The van der Waals surface area contributed by atoms with Crippen LogP contribution in [-0.4, -0.2) is 17.5 Å². The number of halogens is 1. The Morgan fingerprint density at radius 2 is 2.05 bits per heavy atom. The van der Waals surface area contributed by atoms with Crippen LogP contribution in [0.2, 0.25) is 0 Å². The minimum absolute atomic E-state index is 0.157. The first-order chi connectivity index (χ1) is 10.1. The van der Waals surface area contributed by atoms with Crippen LogP contribution in [0.1, 0.15) is 31.0 Å². The molecule has 0 aliphatic rings. The van der Waals surface area contributed by atoms with Crippen molar-refractivity contribution in [1.29, 1.82) is 0 Å². The SMILES string of the molecule is CCN(Cc1ccoc1)C(=O)N[C@@H](C)c1ccc(F)cc1. The van der Waals surface area contributed by atoms with Gasteiger partial charge in [0, 0.05) is 12.1 Å². The number of nitrogens with zero attached hydrogens (tertiary/aromatic N) is 1. The molecule has 112 valence electrons. The highest BCUT2D eigenvalue weighted by Crippen LogP contribution is 2.14. The zero-order chi connectivity index (χ0) is 15.2. The summed E-state index contributed by atoms with van der Waals surface area (Å²) in [4.78, 5) is 13.9. The average Bonchev–Trinajstić information content (AvgIpc) is 2.98. The predicted molar refractivity (Wildman–Crippen MR) is 78.1 cm³/mol. The van der Waals surface area contributed by atoms with Crippen molar-refractivity contribution in [2.75, 3.05) is 6.54 Å². The van der Waals surface area contributed by atoms with Gasteiger partial charge in [0.05, 0.1) is 25.1 Å². The first kappa shape index (κ1) is 15.1. The number of carbonyl (C=O) groups is 1. The van der Waals surface area contributed by atoms with Crippen molar-refractivity contribution >= 4 is 6.03 Å². The third-order valence-electron chi connectivity index (χ3n) is 3.33. The average molecular weight is 290 g/mol. The number of hydrogen-bond donors (Lipinski definition) is 1. The van der Waals surface area contributed by atoms with Gasteiger partial charge in [-0.3, -0.25) is 0 Å². The van der Waals surface area contributed by atoms with E-state index < -0.39 is 0 Å². The smallest absolute Gasteiger partial charge is 0.318 e. The Hall–Kier alpha value is -2.30. The molecule has 0 unspecified atom stereocenters. The molecule has 1 heterocycles. The zero-order valence-corrected chi connectivity index (χ0v) is 12.2. The van der Waals surface area contributed by atoms with E-state index in [1.54, 1.807) is 29.6 Å². The summed E-state index contributed by atoms with van der Waals surface area (Å²) in [6, 6.07) is 7.62. The Bertz CT molecular complexity index is 566. The van der Waals surface area contributed by atoms with Crippen LogP contribution in [0.4, 0.5) is 9.18 Å². The van der Waals surface area contributed by atoms with E-state index >= 15 is 0 Å². The number of benzene rings is 1. The molecule has 2 aromatic rings. The summed E-state index contributed by atoms with van der Waals surface area (Å²) in [7, 11) is 0. The van der Waals surface area contributed by atoms with E-state index in [1.807, 2.05) is 19.9 Å². The lowest BCUT2D eigenvalue weighted by Crippen LogP contribution is -2.40. The van der Waals surface area contributed by atoms with Crippen molar-refractivity contribution < 1.29 is 13.6 Å². The van der Waals surface area contributed by atoms with E-state index in [0.29, 0.717) is 13.1 Å². The number of hydrogen-bond acceptors (Lipinski definition) is 2. The maximum atomic E-state index is 12.9. The zero-order valence-electron chi connectivity index (χ0n) is 12.2. The molecule has 0 bridgehead atoms. The van der Waals surface area contributed by atoms with Crippen LogP contribution in [0.15, 0.2) is 47.3 Å². The van der Waals surface area contributed by atoms with Gasteiger partial charge in [-0.25, -0.2) is 9.18 Å². The van der Waals surface area contributed by atoms with E-state index in [2.05, 4.69) is 5.32 Å². The molecule has 2 amide bonds. The highest BCUT2D eigenvalue weighted by atomic mass is 19.1. The molecule has 5 heteroatoms. The molecule has 0 radical (unpaired) electrons. The Morgan fingerprint density at radius 3 is 2.62 bits per heavy atom. The summed E-state index contributed by atoms with van der Waals surface area (Å²) in [5, 5.41) is 2.91. The van der Waals surface area contributed by atoms with Gasteiger partial charge < -0.3 is 14.6 Å². The number of urea groups is 1. The number of amides is 2. The Kier molecular flexibility index (Phi) is 4.98. The summed E-state index contributed by atoms with van der Waals surface area (Å²) in [6.45, 7) is 4.88. The predicted octanol–water partition coefficient (Wildman–Crippen LogP) is 3.71. The van der Waals surface area contributed by atoms with E-state index in [0.717, 1.165) is 11.1 Å². The van der Waals surface area contributed by atoms with Crippen molar-refractivity contribution in [3.63, 3.8) is 0 Å². The lowest BCUT2D eigenvalue weighted by Gasteiger charge is -2.23. The molecule has 0 saturated carbocycles. The Labute approximate surface area is 123 Å². The molecule has 2 rings (SSSR count). The molecule has 0 saturated heterocycles. The summed E-state index contributed by atoms with van der Waals surface area (Å²) in [5.41, 5.74) is 1.81. The molecule has 4 nitrogen and oxygen atoms in total. The van der Waals surface area contributed by atoms with Gasteiger partial charge in [0.15, 0.2) is 0 Å². The summed E-state index contributed by atoms with van der Waals surface area (Å²) in [5.74, 6) is -0.285. The monoisotopic (exact) mass is 290 g/mol. The van der Waals surface area contributed by atoms with Gasteiger partial charge in [-0.15, -0.1) is 0 Å². The van der Waals surface area contributed by atoms with E-state index in [1.165, 1.54) is 12.1 Å². The van der Waals surface area contributed by atoms with Crippen LogP contribution in [0, 0.1) is 5.82 Å². The number of furan rings is 1. The van der Waals surface area contributed by atoms with E-state index in [9.17, 15) is 9.18 Å². The van der Waals surface area contributed by atoms with Crippen LogP contribution < -0.4 is 5.32 Å². The minimum Gasteiger partial charge on any atom is -0.472 e. The first-order valence-corrected chi connectivity index (χ1v) is 6.92. The molecule has 0 aliphatic heterocycles. The Balaban J connectivity index is 1.96. The molecular weight excluding hydrogens is 271 g/mol. The van der Waals surface area contributed by atoms with Crippen LogP contribution >= 0.6 is 0 Å². The number of nitrogens with one attached hydrogen (secondary N) is 1. The van der Waals surface area contributed by atoms with Crippen molar-refractivity contribution in [1.82, 2.24) is 10.2 Å². The fourth-order valence-electron chi connectivity index (χ4n) is 2.04. The molecule has 0 aliphatic carbocycles.